The van der Waals surface area contributed by atoms with Crippen LogP contribution < -0.4 is 5.73 Å². The van der Waals surface area contributed by atoms with Crippen molar-refractivity contribution in [2.75, 3.05) is 0 Å². The minimum atomic E-state index is -0.510. The molecule has 0 spiro atoms. The van der Waals surface area contributed by atoms with Crippen LogP contribution in [0.3, 0.4) is 0 Å². The maximum absolute atomic E-state index is 6.23. The van der Waals surface area contributed by atoms with Gasteiger partial charge in [0.15, 0.2) is 0 Å². The van der Waals surface area contributed by atoms with E-state index in [0.717, 1.165) is 18.5 Å². The Labute approximate surface area is 98.8 Å². The Hall–Kier alpha value is -1.69. The molecule has 2 aromatic heterocycles. The fourth-order valence-electron chi connectivity index (χ4n) is 1.98. The molecule has 1 saturated carbocycles. The summed E-state index contributed by atoms with van der Waals surface area (Å²) in [5.74, 6) is 1.51. The molecule has 1 atom stereocenters. The van der Waals surface area contributed by atoms with Crippen LogP contribution in [0, 0.1) is 5.92 Å². The number of rotatable bonds is 3. The summed E-state index contributed by atoms with van der Waals surface area (Å²) in [6.07, 6.45) is 5.68. The van der Waals surface area contributed by atoms with Crippen LogP contribution >= 0.6 is 0 Å². The normalized spacial score (nSPS) is 19.2. The number of hydrogen-bond acceptors (Lipinski definition) is 5. The zero-order valence-electron chi connectivity index (χ0n) is 9.92. The van der Waals surface area contributed by atoms with Gasteiger partial charge in [-0.15, -0.1) is 0 Å². The molecule has 0 aromatic carbocycles. The van der Waals surface area contributed by atoms with E-state index in [9.17, 15) is 0 Å². The number of hydrogen-bond donors (Lipinski definition) is 1. The number of imidazole rings is 1. The molecule has 1 aliphatic rings. The third-order valence-corrected chi connectivity index (χ3v) is 3.36. The van der Waals surface area contributed by atoms with Gasteiger partial charge < -0.3 is 14.8 Å². The van der Waals surface area contributed by atoms with Gasteiger partial charge in [0.05, 0.1) is 18.1 Å². The van der Waals surface area contributed by atoms with Gasteiger partial charge in [-0.1, -0.05) is 5.16 Å². The van der Waals surface area contributed by atoms with E-state index in [1.165, 1.54) is 0 Å². The third-order valence-electron chi connectivity index (χ3n) is 3.36. The molecule has 0 bridgehead atoms. The Bertz CT molecular complexity index is 538. The molecular weight excluding hydrogens is 218 g/mol. The number of aryl methyl sites for hydroxylation is 1. The van der Waals surface area contributed by atoms with E-state index in [4.69, 9.17) is 10.3 Å². The van der Waals surface area contributed by atoms with E-state index >= 15 is 0 Å². The Morgan fingerprint density at radius 3 is 2.88 bits per heavy atom. The monoisotopic (exact) mass is 233 g/mol. The second-order valence-electron chi connectivity index (χ2n) is 4.87. The molecule has 1 fully saturated rings. The van der Waals surface area contributed by atoms with Crippen LogP contribution in [-0.2, 0) is 12.6 Å². The van der Waals surface area contributed by atoms with Crippen molar-refractivity contribution >= 4 is 0 Å². The van der Waals surface area contributed by atoms with E-state index in [1.807, 2.05) is 18.5 Å². The first kappa shape index (κ1) is 10.5. The molecule has 17 heavy (non-hydrogen) atoms. The first-order valence-corrected chi connectivity index (χ1v) is 5.69. The van der Waals surface area contributed by atoms with E-state index < -0.39 is 5.54 Å². The summed E-state index contributed by atoms with van der Waals surface area (Å²) >= 11 is 0. The molecule has 6 heteroatoms. The molecule has 0 aliphatic heterocycles. The zero-order chi connectivity index (χ0) is 12.0. The Kier molecular flexibility index (Phi) is 2.09. The summed E-state index contributed by atoms with van der Waals surface area (Å²) in [5, 5.41) is 3.97. The lowest BCUT2D eigenvalue weighted by molar-refractivity contribution is 0.273. The zero-order valence-corrected chi connectivity index (χ0v) is 9.92. The van der Waals surface area contributed by atoms with E-state index in [-0.39, 0.29) is 0 Å². The van der Waals surface area contributed by atoms with Crippen LogP contribution in [0.1, 0.15) is 25.7 Å². The molecule has 1 aliphatic carbocycles. The first-order chi connectivity index (χ1) is 8.09. The van der Waals surface area contributed by atoms with Crippen molar-refractivity contribution in [1.29, 1.82) is 0 Å². The van der Waals surface area contributed by atoms with Crippen LogP contribution in [0.5, 0.6) is 0 Å². The average molecular weight is 233 g/mol. The maximum atomic E-state index is 6.23. The van der Waals surface area contributed by atoms with Crippen molar-refractivity contribution in [3.05, 3.63) is 18.4 Å². The van der Waals surface area contributed by atoms with Gasteiger partial charge in [-0.05, 0) is 25.7 Å². The van der Waals surface area contributed by atoms with Crippen LogP contribution in [0.15, 0.2) is 17.0 Å². The molecule has 2 N–H and O–H groups in total. The van der Waals surface area contributed by atoms with Gasteiger partial charge in [0.2, 0.25) is 11.7 Å². The van der Waals surface area contributed by atoms with Crippen LogP contribution in [-0.4, -0.2) is 19.7 Å². The van der Waals surface area contributed by atoms with Crippen LogP contribution in [0.2, 0.25) is 0 Å². The molecule has 0 radical (unpaired) electrons. The average Bonchev–Trinajstić information content (AvgIpc) is 2.89. The SMILES string of the molecule is Cn1cncc1-c1noc(C(C)(N)C2CC2)n1. The van der Waals surface area contributed by atoms with Gasteiger partial charge in [-0.2, -0.15) is 4.98 Å². The molecule has 3 rings (SSSR count). The minimum absolute atomic E-state index is 0.460. The standard InChI is InChI=1S/C11H15N5O/c1-11(12,7-3-4-7)10-14-9(15-17-10)8-5-13-6-16(8)2/h5-7H,3-4,12H2,1-2H3. The van der Waals surface area contributed by atoms with Crippen LogP contribution in [0.4, 0.5) is 0 Å². The second kappa shape index (κ2) is 3.40. The molecule has 2 aromatic rings. The fraction of sp³-hybridized carbons (Fsp3) is 0.545. The van der Waals surface area contributed by atoms with Gasteiger partial charge in [0, 0.05) is 7.05 Å². The Morgan fingerprint density at radius 2 is 2.29 bits per heavy atom. The summed E-state index contributed by atoms with van der Waals surface area (Å²) in [4.78, 5) is 8.41. The summed E-state index contributed by atoms with van der Waals surface area (Å²) in [6, 6.07) is 0. The summed E-state index contributed by atoms with van der Waals surface area (Å²) < 4.78 is 7.13. The largest absolute Gasteiger partial charge is 0.337 e. The first-order valence-electron chi connectivity index (χ1n) is 5.69. The van der Waals surface area contributed by atoms with E-state index in [2.05, 4.69) is 15.1 Å². The van der Waals surface area contributed by atoms with Gasteiger partial charge in [-0.3, -0.25) is 0 Å². The van der Waals surface area contributed by atoms with Crippen molar-refractivity contribution in [3.8, 4) is 11.5 Å². The summed E-state index contributed by atoms with van der Waals surface area (Å²) in [5.41, 5.74) is 6.54. The molecule has 2 heterocycles. The van der Waals surface area contributed by atoms with Gasteiger partial charge in [-0.25, -0.2) is 4.98 Å². The van der Waals surface area contributed by atoms with Crippen molar-refractivity contribution in [2.45, 2.75) is 25.3 Å². The highest BCUT2D eigenvalue weighted by atomic mass is 16.5. The quantitative estimate of drug-likeness (QED) is 0.856. The molecule has 1 unspecified atom stereocenters. The summed E-state index contributed by atoms with van der Waals surface area (Å²) in [7, 11) is 1.89. The highest BCUT2D eigenvalue weighted by Crippen LogP contribution is 2.43. The van der Waals surface area contributed by atoms with Gasteiger partial charge in [0.25, 0.3) is 0 Å². The highest BCUT2D eigenvalue weighted by Gasteiger charge is 2.44. The molecule has 6 nitrogen and oxygen atoms in total. The number of nitrogens with zero attached hydrogens (tertiary/aromatic N) is 4. The van der Waals surface area contributed by atoms with E-state index in [0.29, 0.717) is 17.6 Å². The Balaban J connectivity index is 1.95. The molecule has 0 saturated heterocycles. The topological polar surface area (TPSA) is 82.8 Å². The van der Waals surface area contributed by atoms with Crippen LogP contribution in [0.25, 0.3) is 11.5 Å². The smallest absolute Gasteiger partial charge is 0.247 e. The lowest BCUT2D eigenvalue weighted by Crippen LogP contribution is -2.35. The van der Waals surface area contributed by atoms with E-state index in [1.54, 1.807) is 12.5 Å². The van der Waals surface area contributed by atoms with Gasteiger partial charge in [0.1, 0.15) is 5.69 Å². The number of aromatic nitrogens is 4. The van der Waals surface area contributed by atoms with Crippen molar-refractivity contribution in [2.24, 2.45) is 18.7 Å². The third kappa shape index (κ3) is 1.64. The molecule has 90 valence electrons. The lowest BCUT2D eigenvalue weighted by atomic mass is 9.97. The van der Waals surface area contributed by atoms with Gasteiger partial charge >= 0.3 is 0 Å². The summed E-state index contributed by atoms with van der Waals surface area (Å²) in [6.45, 7) is 1.95. The maximum Gasteiger partial charge on any atom is 0.247 e. The minimum Gasteiger partial charge on any atom is -0.337 e. The van der Waals surface area contributed by atoms with Crippen molar-refractivity contribution in [1.82, 2.24) is 19.7 Å². The lowest BCUT2D eigenvalue weighted by Gasteiger charge is -2.18. The highest BCUT2D eigenvalue weighted by molar-refractivity contribution is 5.47. The fourth-order valence-corrected chi connectivity index (χ4v) is 1.98. The molecule has 0 amide bonds. The molecular formula is C11H15N5O. The Morgan fingerprint density at radius 1 is 1.53 bits per heavy atom. The predicted molar refractivity (Wildman–Crippen MR) is 60.8 cm³/mol. The van der Waals surface area contributed by atoms with Crippen molar-refractivity contribution in [3.63, 3.8) is 0 Å². The predicted octanol–water partition coefficient (Wildman–Crippen LogP) is 1.05. The van der Waals surface area contributed by atoms with Crippen molar-refractivity contribution < 1.29 is 4.52 Å². The second-order valence-corrected chi connectivity index (χ2v) is 4.87. The number of nitrogens with two attached hydrogens (primary N) is 1.